The molecule has 0 saturated carbocycles. The van der Waals surface area contributed by atoms with Crippen molar-refractivity contribution in [2.45, 2.75) is 44.9 Å². The zero-order valence-electron chi connectivity index (χ0n) is 23.1. The van der Waals surface area contributed by atoms with Gasteiger partial charge in [0.2, 0.25) is 5.91 Å². The third kappa shape index (κ3) is 8.64. The summed E-state index contributed by atoms with van der Waals surface area (Å²) in [6.07, 6.45) is 0.976. The highest BCUT2D eigenvalue weighted by atomic mass is 16.5. The molecule has 0 spiro atoms. The molecule has 40 heavy (non-hydrogen) atoms. The Balaban J connectivity index is 1.39. The number of amides is 2. The zero-order chi connectivity index (χ0) is 28.2. The number of aliphatic hydroxyl groups is 1. The van der Waals surface area contributed by atoms with Gasteiger partial charge in [-0.1, -0.05) is 60.7 Å². The first-order valence-corrected chi connectivity index (χ1v) is 14.1. The Kier molecular flexibility index (Phi) is 11.1. The van der Waals surface area contributed by atoms with Crippen LogP contribution >= 0.6 is 0 Å². The number of rotatable bonds is 15. The summed E-state index contributed by atoms with van der Waals surface area (Å²) in [5.74, 6) is -0.227. The lowest BCUT2D eigenvalue weighted by molar-refractivity contribution is -0.117. The number of nitrogens with zero attached hydrogens (tertiary/aromatic N) is 1. The summed E-state index contributed by atoms with van der Waals surface area (Å²) >= 11 is 0. The Hall–Kier alpha value is -3.72. The van der Waals surface area contributed by atoms with Crippen LogP contribution in [0.25, 0.3) is 0 Å². The Bertz CT molecular complexity index is 1220. The molecule has 1 fully saturated rings. The first-order valence-electron chi connectivity index (χ1n) is 14.1. The number of anilines is 2. The molecule has 212 valence electrons. The summed E-state index contributed by atoms with van der Waals surface area (Å²) in [5, 5.41) is 20.7. The van der Waals surface area contributed by atoms with E-state index >= 15 is 0 Å². The quantitative estimate of drug-likeness (QED) is 0.217. The Labute approximate surface area is 236 Å². The van der Waals surface area contributed by atoms with Crippen molar-refractivity contribution in [1.29, 1.82) is 0 Å². The van der Waals surface area contributed by atoms with Crippen molar-refractivity contribution in [1.82, 2.24) is 10.6 Å². The fraction of sp³-hybridized carbons (Fsp3) is 0.375. The van der Waals surface area contributed by atoms with Gasteiger partial charge in [-0.3, -0.25) is 9.59 Å². The largest absolute Gasteiger partial charge is 0.390 e. The van der Waals surface area contributed by atoms with Gasteiger partial charge in [-0.25, -0.2) is 0 Å². The van der Waals surface area contributed by atoms with Crippen LogP contribution in [0.2, 0.25) is 0 Å². The molecule has 3 aromatic carbocycles. The minimum Gasteiger partial charge on any atom is -0.390 e. The Morgan fingerprint density at radius 2 is 1.75 bits per heavy atom. The highest BCUT2D eigenvalue weighted by Crippen LogP contribution is 2.27. The zero-order valence-corrected chi connectivity index (χ0v) is 23.1. The maximum atomic E-state index is 13.5. The molecular weight excluding hydrogens is 504 g/mol. The fourth-order valence-electron chi connectivity index (χ4n) is 4.83. The third-order valence-corrected chi connectivity index (χ3v) is 6.91. The van der Waals surface area contributed by atoms with E-state index in [9.17, 15) is 14.7 Å². The van der Waals surface area contributed by atoms with E-state index in [0.29, 0.717) is 63.5 Å². The molecular formula is C32H40N4O4. The monoisotopic (exact) mass is 544 g/mol. The van der Waals surface area contributed by atoms with Crippen LogP contribution in [0.4, 0.5) is 11.4 Å². The van der Waals surface area contributed by atoms with Gasteiger partial charge in [0.05, 0.1) is 25.4 Å². The van der Waals surface area contributed by atoms with Crippen LogP contribution in [-0.2, 0) is 22.6 Å². The van der Waals surface area contributed by atoms with Crippen molar-refractivity contribution in [2.24, 2.45) is 0 Å². The molecule has 8 nitrogen and oxygen atoms in total. The van der Waals surface area contributed by atoms with Gasteiger partial charge in [0.25, 0.3) is 5.91 Å². The second kappa shape index (κ2) is 15.2. The maximum absolute atomic E-state index is 13.5. The molecule has 0 aliphatic carbocycles. The van der Waals surface area contributed by atoms with Gasteiger partial charge < -0.3 is 30.7 Å². The predicted octanol–water partition coefficient (Wildman–Crippen LogP) is 3.75. The molecule has 4 rings (SSSR count). The van der Waals surface area contributed by atoms with Crippen LogP contribution in [0.3, 0.4) is 0 Å². The lowest BCUT2D eigenvalue weighted by atomic mass is 10.00. The molecule has 0 bridgehead atoms. The highest BCUT2D eigenvalue weighted by Gasteiger charge is 2.25. The smallest absolute Gasteiger partial charge is 0.251 e. The van der Waals surface area contributed by atoms with Gasteiger partial charge in [0.15, 0.2) is 0 Å². The van der Waals surface area contributed by atoms with Gasteiger partial charge >= 0.3 is 0 Å². The molecule has 2 atom stereocenters. The first-order chi connectivity index (χ1) is 19.5. The van der Waals surface area contributed by atoms with E-state index in [2.05, 4.69) is 16.0 Å². The van der Waals surface area contributed by atoms with E-state index in [1.54, 1.807) is 17.0 Å². The van der Waals surface area contributed by atoms with Gasteiger partial charge in [-0.15, -0.1) is 0 Å². The highest BCUT2D eigenvalue weighted by molar-refractivity contribution is 6.00. The van der Waals surface area contributed by atoms with Crippen molar-refractivity contribution in [3.8, 4) is 0 Å². The van der Waals surface area contributed by atoms with E-state index in [1.165, 1.54) is 0 Å². The summed E-state index contributed by atoms with van der Waals surface area (Å²) in [6.45, 7) is 5.24. The minimum atomic E-state index is -0.824. The van der Waals surface area contributed by atoms with Crippen LogP contribution in [0.15, 0.2) is 78.9 Å². The molecule has 2 amide bonds. The van der Waals surface area contributed by atoms with Gasteiger partial charge in [0, 0.05) is 49.5 Å². The molecule has 0 unspecified atom stereocenters. The van der Waals surface area contributed by atoms with Crippen molar-refractivity contribution in [2.75, 3.05) is 43.0 Å². The normalized spacial score (nSPS) is 14.7. The van der Waals surface area contributed by atoms with E-state index in [-0.39, 0.29) is 11.8 Å². The third-order valence-electron chi connectivity index (χ3n) is 6.91. The minimum absolute atomic E-state index is 0.0659. The van der Waals surface area contributed by atoms with Crippen LogP contribution in [-0.4, -0.2) is 61.9 Å². The first kappa shape index (κ1) is 29.3. The van der Waals surface area contributed by atoms with Crippen LogP contribution in [0.5, 0.6) is 0 Å². The number of hydrogen-bond acceptors (Lipinski definition) is 6. The Morgan fingerprint density at radius 1 is 1.02 bits per heavy atom. The van der Waals surface area contributed by atoms with Crippen molar-refractivity contribution in [3.05, 3.63) is 95.6 Å². The van der Waals surface area contributed by atoms with Crippen LogP contribution < -0.4 is 20.9 Å². The summed E-state index contributed by atoms with van der Waals surface area (Å²) < 4.78 is 5.72. The number of hydrogen-bond donors (Lipinski definition) is 4. The topological polar surface area (TPSA) is 103 Å². The summed E-state index contributed by atoms with van der Waals surface area (Å²) in [6, 6.07) is 24.7. The lowest BCUT2D eigenvalue weighted by Crippen LogP contribution is -2.49. The Morgan fingerprint density at radius 3 is 2.42 bits per heavy atom. The number of aliphatic hydroxyl groups excluding tert-OH is 1. The molecule has 3 aromatic rings. The molecule has 1 aliphatic heterocycles. The molecule has 8 heteroatoms. The number of benzene rings is 3. The van der Waals surface area contributed by atoms with Crippen molar-refractivity contribution >= 4 is 23.2 Å². The van der Waals surface area contributed by atoms with Crippen LogP contribution in [0, 0.1) is 0 Å². The van der Waals surface area contributed by atoms with Crippen molar-refractivity contribution in [3.63, 3.8) is 0 Å². The van der Waals surface area contributed by atoms with Crippen LogP contribution in [0.1, 0.15) is 41.3 Å². The number of nitrogens with one attached hydrogen (secondary N) is 3. The van der Waals surface area contributed by atoms with E-state index in [1.807, 2.05) is 73.7 Å². The van der Waals surface area contributed by atoms with Crippen molar-refractivity contribution < 1.29 is 19.4 Å². The van der Waals surface area contributed by atoms with Gasteiger partial charge in [-0.2, -0.15) is 0 Å². The summed E-state index contributed by atoms with van der Waals surface area (Å²) in [5.41, 5.74) is 4.07. The standard InChI is InChI=1S/C32H40N4O4/c1-2-34-27-19-26(20-28(21-27)36-16-9-14-31(36)38)32(39)35-29(18-24-10-5-3-6-11-24)30(37)22-33-15-17-40-23-25-12-7-4-8-13-25/h3-8,10-13,19-21,29-30,33-34,37H,2,9,14-18,22-23H2,1H3,(H,35,39)/t29-,30+/m0/s1. The predicted molar refractivity (Wildman–Crippen MR) is 159 cm³/mol. The van der Waals surface area contributed by atoms with E-state index < -0.39 is 12.1 Å². The average molecular weight is 545 g/mol. The number of ether oxygens (including phenoxy) is 1. The summed E-state index contributed by atoms with van der Waals surface area (Å²) in [7, 11) is 0. The second-order valence-electron chi connectivity index (χ2n) is 10.0. The molecule has 1 aliphatic rings. The molecule has 0 radical (unpaired) electrons. The van der Waals surface area contributed by atoms with Gasteiger partial charge in [-0.05, 0) is 49.1 Å². The maximum Gasteiger partial charge on any atom is 0.251 e. The number of carbonyl (C=O) groups is 2. The molecule has 1 saturated heterocycles. The number of carbonyl (C=O) groups excluding carboxylic acids is 2. The second-order valence-corrected chi connectivity index (χ2v) is 10.0. The van der Waals surface area contributed by atoms with E-state index in [0.717, 1.165) is 23.2 Å². The molecule has 0 aromatic heterocycles. The fourth-order valence-corrected chi connectivity index (χ4v) is 4.83. The SMILES string of the molecule is CCNc1cc(C(=O)N[C@@H](Cc2ccccc2)[C@H](O)CNCCOCc2ccccc2)cc(N2CCCC2=O)c1. The average Bonchev–Trinajstić information content (AvgIpc) is 3.41. The lowest BCUT2D eigenvalue weighted by Gasteiger charge is -2.25. The summed E-state index contributed by atoms with van der Waals surface area (Å²) in [4.78, 5) is 27.6. The van der Waals surface area contributed by atoms with Gasteiger partial charge in [0.1, 0.15) is 0 Å². The molecule has 1 heterocycles. The van der Waals surface area contributed by atoms with E-state index in [4.69, 9.17) is 4.74 Å². The molecule has 4 N–H and O–H groups in total.